The lowest BCUT2D eigenvalue weighted by Gasteiger charge is -2.32. The van der Waals surface area contributed by atoms with Crippen LogP contribution in [0.1, 0.15) is 41.7 Å². The zero-order valence-electron chi connectivity index (χ0n) is 19.7. The van der Waals surface area contributed by atoms with Crippen LogP contribution >= 0.6 is 0 Å². The lowest BCUT2D eigenvalue weighted by Crippen LogP contribution is -2.47. The fourth-order valence-electron chi connectivity index (χ4n) is 4.48. The van der Waals surface area contributed by atoms with Gasteiger partial charge in [0.05, 0.1) is 6.04 Å². The van der Waals surface area contributed by atoms with Crippen molar-refractivity contribution in [2.45, 2.75) is 38.0 Å². The van der Waals surface area contributed by atoms with E-state index in [-0.39, 0.29) is 23.5 Å². The van der Waals surface area contributed by atoms with Gasteiger partial charge in [0, 0.05) is 42.5 Å². The van der Waals surface area contributed by atoms with Gasteiger partial charge < -0.3 is 20.0 Å². The van der Waals surface area contributed by atoms with E-state index in [2.05, 4.69) is 10.2 Å². The van der Waals surface area contributed by atoms with Gasteiger partial charge in [-0.3, -0.25) is 14.9 Å². The van der Waals surface area contributed by atoms with E-state index >= 15 is 0 Å². The minimum Gasteiger partial charge on any atom is -0.456 e. The highest BCUT2D eigenvalue weighted by atomic mass is 19.4. The molecule has 0 aliphatic carbocycles. The average molecular weight is 491 g/mol. The molecule has 7 nitrogen and oxygen atoms in total. The fourth-order valence-corrected chi connectivity index (χ4v) is 4.48. The van der Waals surface area contributed by atoms with E-state index in [0.29, 0.717) is 41.4 Å². The number of amides is 2. The fraction of sp³-hybridized carbons (Fsp3) is 0.440. The highest BCUT2D eigenvalue weighted by Crippen LogP contribution is 2.37. The number of carbonyl (C=O) groups excluding carboxylic acids is 2. The smallest absolute Gasteiger partial charge is 0.407 e. The lowest BCUT2D eigenvalue weighted by atomic mass is 10.0. The number of hydrogen-bond acceptors (Lipinski definition) is 5. The molecule has 4 rings (SSSR count). The maximum absolute atomic E-state index is 13.9. The van der Waals surface area contributed by atoms with E-state index in [0.717, 1.165) is 13.1 Å². The van der Waals surface area contributed by atoms with Crippen molar-refractivity contribution in [3.63, 3.8) is 0 Å². The molecule has 2 amide bonds. The monoisotopic (exact) mass is 490 g/mol. The van der Waals surface area contributed by atoms with Gasteiger partial charge in [-0.2, -0.15) is 13.2 Å². The average Bonchev–Trinajstić information content (AvgIpc) is 3.17. The molecule has 35 heavy (non-hydrogen) atoms. The summed E-state index contributed by atoms with van der Waals surface area (Å²) in [6, 6.07) is 6.12. The minimum absolute atomic E-state index is 0.0827. The van der Waals surface area contributed by atoms with Crippen molar-refractivity contribution >= 4 is 33.8 Å². The molecule has 1 unspecified atom stereocenters. The molecule has 1 fully saturated rings. The lowest BCUT2D eigenvalue weighted by molar-refractivity contribution is -0.160. The number of piperazine rings is 1. The zero-order chi connectivity index (χ0) is 25.3. The van der Waals surface area contributed by atoms with Gasteiger partial charge in [0.2, 0.25) is 5.91 Å². The summed E-state index contributed by atoms with van der Waals surface area (Å²) in [7, 11) is 2.01. The van der Waals surface area contributed by atoms with Gasteiger partial charge >= 0.3 is 6.18 Å². The first kappa shape index (κ1) is 25.0. The number of halogens is 3. The summed E-state index contributed by atoms with van der Waals surface area (Å²) in [5.74, 6) is -0.913. The Balaban J connectivity index is 1.67. The van der Waals surface area contributed by atoms with E-state index in [1.165, 1.54) is 12.1 Å². The molecular formula is C25H29F3N4O3. The quantitative estimate of drug-likeness (QED) is 0.526. The van der Waals surface area contributed by atoms with E-state index in [1.54, 1.807) is 36.1 Å². The van der Waals surface area contributed by atoms with Crippen LogP contribution in [-0.2, 0) is 4.79 Å². The number of nitrogens with one attached hydrogen (secondary N) is 1. The summed E-state index contributed by atoms with van der Waals surface area (Å²) in [4.78, 5) is 28.6. The van der Waals surface area contributed by atoms with Crippen LogP contribution < -0.4 is 11.1 Å². The number of likely N-dealkylation sites (N-methyl/N-ethyl adjacent to an activating group) is 1. The zero-order valence-corrected chi connectivity index (χ0v) is 19.7. The molecule has 3 N–H and O–H groups in total. The van der Waals surface area contributed by atoms with Crippen molar-refractivity contribution < 1.29 is 27.2 Å². The van der Waals surface area contributed by atoms with Crippen molar-refractivity contribution in [1.29, 1.82) is 0 Å². The highest BCUT2D eigenvalue weighted by molar-refractivity contribution is 6.08. The number of furan rings is 1. The summed E-state index contributed by atoms with van der Waals surface area (Å²) < 4.78 is 47.6. The predicted octanol–water partition coefficient (Wildman–Crippen LogP) is 3.82. The first-order valence-electron chi connectivity index (χ1n) is 11.6. The number of carbonyl (C=O) groups is 2. The molecule has 0 saturated carbocycles. The van der Waals surface area contributed by atoms with Crippen LogP contribution in [0.5, 0.6) is 0 Å². The molecule has 0 radical (unpaired) electrons. The molecule has 0 bridgehead atoms. The molecule has 2 heterocycles. The molecule has 2 aromatic carbocycles. The number of fused-ring (bicyclic) bond motifs is 3. The van der Waals surface area contributed by atoms with Crippen LogP contribution in [0.4, 0.5) is 13.2 Å². The Morgan fingerprint density at radius 3 is 2.40 bits per heavy atom. The van der Waals surface area contributed by atoms with Gasteiger partial charge in [-0.25, -0.2) is 0 Å². The Morgan fingerprint density at radius 1 is 1.06 bits per heavy atom. The SMILES string of the molecule is CCCC(N[C@@H](c1ccc2c(c1)oc1ccc(C(=O)N3CCN(C)CC3)cc12)C(F)(F)F)C(N)=O. The molecule has 0 spiro atoms. The molecule has 2 atom stereocenters. The molecule has 1 aliphatic heterocycles. The second kappa shape index (κ2) is 9.87. The first-order chi connectivity index (χ1) is 16.6. The normalized spacial score (nSPS) is 17.1. The third kappa shape index (κ3) is 5.28. The van der Waals surface area contributed by atoms with Crippen LogP contribution in [0.25, 0.3) is 21.9 Å². The van der Waals surface area contributed by atoms with Gasteiger partial charge in [-0.1, -0.05) is 25.5 Å². The standard InChI is InChI=1S/C25H29F3N4O3/c1-3-4-19(23(29)33)30-22(25(26,27)28)15-5-7-17-18-13-16(6-8-20(18)35-21(17)14-15)24(34)32-11-9-31(2)10-12-32/h5-8,13-14,19,22,30H,3-4,9-12H2,1-2H3,(H2,29,33)/t19?,22-/m0/s1. The second-order valence-electron chi connectivity index (χ2n) is 9.05. The maximum Gasteiger partial charge on any atom is 0.407 e. The number of hydrogen-bond donors (Lipinski definition) is 2. The van der Waals surface area contributed by atoms with Crippen LogP contribution in [0.2, 0.25) is 0 Å². The van der Waals surface area contributed by atoms with E-state index < -0.39 is 24.2 Å². The van der Waals surface area contributed by atoms with E-state index in [4.69, 9.17) is 10.2 Å². The third-order valence-electron chi connectivity index (χ3n) is 6.48. The van der Waals surface area contributed by atoms with Crippen molar-refractivity contribution in [3.8, 4) is 0 Å². The van der Waals surface area contributed by atoms with E-state index in [1.807, 2.05) is 7.05 Å². The maximum atomic E-state index is 13.9. The van der Waals surface area contributed by atoms with Gasteiger partial charge in [0.1, 0.15) is 17.2 Å². The molecule has 10 heteroatoms. The largest absolute Gasteiger partial charge is 0.456 e. The summed E-state index contributed by atoms with van der Waals surface area (Å²) in [6.07, 6.45) is -3.95. The number of rotatable bonds is 7. The van der Waals surface area contributed by atoms with Crippen molar-refractivity contribution in [1.82, 2.24) is 15.1 Å². The molecule has 188 valence electrons. The second-order valence-corrected chi connectivity index (χ2v) is 9.05. The van der Waals surface area contributed by atoms with Crippen molar-refractivity contribution in [2.24, 2.45) is 5.73 Å². The summed E-state index contributed by atoms with van der Waals surface area (Å²) in [5.41, 5.74) is 6.48. The topological polar surface area (TPSA) is 91.8 Å². The van der Waals surface area contributed by atoms with Gasteiger partial charge in [0.25, 0.3) is 5.91 Å². The number of primary amides is 1. The van der Waals surface area contributed by atoms with Gasteiger partial charge in [-0.15, -0.1) is 0 Å². The Kier molecular flexibility index (Phi) is 7.05. The molecule has 1 saturated heterocycles. The molecule has 1 aromatic heterocycles. The third-order valence-corrected chi connectivity index (χ3v) is 6.48. The van der Waals surface area contributed by atoms with Crippen LogP contribution in [0.15, 0.2) is 40.8 Å². The Labute approximate surface area is 201 Å². The van der Waals surface area contributed by atoms with Gasteiger partial charge in [-0.05, 0) is 43.3 Å². The van der Waals surface area contributed by atoms with Crippen LogP contribution in [0, 0.1) is 0 Å². The Morgan fingerprint density at radius 2 is 1.77 bits per heavy atom. The Hall–Kier alpha value is -3.11. The molecular weight excluding hydrogens is 461 g/mol. The number of nitrogens with two attached hydrogens (primary N) is 1. The molecule has 1 aliphatic rings. The minimum atomic E-state index is -4.65. The summed E-state index contributed by atoms with van der Waals surface area (Å²) in [5, 5.41) is 3.64. The first-order valence-corrected chi connectivity index (χ1v) is 11.6. The molecule has 3 aromatic rings. The van der Waals surface area contributed by atoms with Crippen molar-refractivity contribution in [2.75, 3.05) is 33.2 Å². The van der Waals surface area contributed by atoms with Crippen LogP contribution in [0.3, 0.4) is 0 Å². The summed E-state index contributed by atoms with van der Waals surface area (Å²) in [6.45, 7) is 4.64. The summed E-state index contributed by atoms with van der Waals surface area (Å²) >= 11 is 0. The number of benzene rings is 2. The Bertz CT molecular complexity index is 1230. The van der Waals surface area contributed by atoms with Crippen molar-refractivity contribution in [3.05, 3.63) is 47.5 Å². The number of alkyl halides is 3. The predicted molar refractivity (Wildman–Crippen MR) is 127 cm³/mol. The van der Waals surface area contributed by atoms with Crippen LogP contribution in [-0.4, -0.2) is 67.1 Å². The highest BCUT2D eigenvalue weighted by Gasteiger charge is 2.42. The number of nitrogens with zero attached hydrogens (tertiary/aromatic N) is 2. The van der Waals surface area contributed by atoms with Gasteiger partial charge in [0.15, 0.2) is 0 Å². The van der Waals surface area contributed by atoms with E-state index in [9.17, 15) is 22.8 Å².